The molecule has 2 N–H and O–H groups in total. The number of aromatic nitrogens is 3. The van der Waals surface area contributed by atoms with Gasteiger partial charge in [-0.2, -0.15) is 5.10 Å². The van der Waals surface area contributed by atoms with Crippen LogP contribution in [0.2, 0.25) is 0 Å². The van der Waals surface area contributed by atoms with E-state index >= 15 is 0 Å². The molecular formula is C16H12N6O3. The summed E-state index contributed by atoms with van der Waals surface area (Å²) in [5.41, 5.74) is 3.14. The molecule has 0 aliphatic carbocycles. The fraction of sp³-hybridized carbons (Fsp3) is 0. The molecule has 9 heteroatoms. The Morgan fingerprint density at radius 1 is 1.08 bits per heavy atom. The Balaban J connectivity index is 1.78. The molecule has 1 aromatic heterocycles. The first-order chi connectivity index (χ1) is 12.1. The van der Waals surface area contributed by atoms with Gasteiger partial charge >= 0.3 is 0 Å². The number of aromatic amines is 1. The third-order valence-corrected chi connectivity index (χ3v) is 3.25. The molecule has 0 fully saturated rings. The number of rotatable bonds is 5. The molecule has 0 aliphatic heterocycles. The van der Waals surface area contributed by atoms with Crippen molar-refractivity contribution < 1.29 is 4.92 Å². The molecule has 0 aliphatic rings. The van der Waals surface area contributed by atoms with Crippen molar-refractivity contribution in [1.82, 2.24) is 15.2 Å². The molecule has 124 valence electrons. The van der Waals surface area contributed by atoms with Gasteiger partial charge in [0.25, 0.3) is 11.2 Å². The van der Waals surface area contributed by atoms with Crippen LogP contribution in [0.1, 0.15) is 5.56 Å². The fourth-order valence-corrected chi connectivity index (χ4v) is 2.10. The second-order valence-corrected chi connectivity index (χ2v) is 4.90. The third-order valence-electron chi connectivity index (χ3n) is 3.25. The highest BCUT2D eigenvalue weighted by Gasteiger charge is 2.10. The minimum atomic E-state index is -0.502. The number of nitrogens with one attached hydrogen (secondary N) is 2. The zero-order valence-corrected chi connectivity index (χ0v) is 12.8. The van der Waals surface area contributed by atoms with Gasteiger partial charge in [0.05, 0.1) is 16.7 Å². The largest absolute Gasteiger partial charge is 0.288 e. The lowest BCUT2D eigenvalue weighted by Crippen LogP contribution is -2.15. The van der Waals surface area contributed by atoms with Crippen LogP contribution in [0.25, 0.3) is 11.3 Å². The van der Waals surface area contributed by atoms with Crippen molar-refractivity contribution in [3.05, 3.63) is 80.6 Å². The Morgan fingerprint density at radius 2 is 1.80 bits per heavy atom. The number of nitro groups is 1. The maximum atomic E-state index is 12.1. The van der Waals surface area contributed by atoms with Crippen molar-refractivity contribution in [3.8, 4) is 11.3 Å². The van der Waals surface area contributed by atoms with Gasteiger partial charge in [-0.05, 0) is 6.07 Å². The lowest BCUT2D eigenvalue weighted by atomic mass is 10.2. The maximum Gasteiger partial charge on any atom is 0.279 e. The highest BCUT2D eigenvalue weighted by Crippen LogP contribution is 2.15. The zero-order chi connectivity index (χ0) is 17.6. The SMILES string of the molecule is O=c1[nH]c(N/N=C\c2ccccc2[N+](=O)[O-])nnc1-c1ccccc1. The molecule has 0 bridgehead atoms. The molecule has 3 aromatic rings. The van der Waals surface area contributed by atoms with Crippen molar-refractivity contribution in [3.63, 3.8) is 0 Å². The lowest BCUT2D eigenvalue weighted by Gasteiger charge is -2.01. The Morgan fingerprint density at radius 3 is 2.52 bits per heavy atom. The molecule has 0 saturated heterocycles. The van der Waals surface area contributed by atoms with Crippen molar-refractivity contribution in [2.75, 3.05) is 5.43 Å². The first-order valence-electron chi connectivity index (χ1n) is 7.20. The number of hydrazone groups is 1. The predicted octanol–water partition coefficient (Wildman–Crippen LogP) is 2.19. The summed E-state index contributed by atoms with van der Waals surface area (Å²) in [6.07, 6.45) is 1.27. The Kier molecular flexibility index (Phi) is 4.56. The van der Waals surface area contributed by atoms with E-state index in [-0.39, 0.29) is 17.3 Å². The first-order valence-corrected chi connectivity index (χ1v) is 7.20. The van der Waals surface area contributed by atoms with Crippen LogP contribution in [-0.4, -0.2) is 26.3 Å². The summed E-state index contributed by atoms with van der Waals surface area (Å²) in [5, 5.41) is 22.5. The fourth-order valence-electron chi connectivity index (χ4n) is 2.10. The van der Waals surface area contributed by atoms with Gasteiger partial charge in [0.1, 0.15) is 0 Å². The van der Waals surface area contributed by atoms with E-state index in [0.29, 0.717) is 11.1 Å². The van der Waals surface area contributed by atoms with E-state index in [4.69, 9.17) is 0 Å². The van der Waals surface area contributed by atoms with E-state index in [1.807, 2.05) is 6.07 Å². The van der Waals surface area contributed by atoms with E-state index in [1.54, 1.807) is 42.5 Å². The van der Waals surface area contributed by atoms with Gasteiger partial charge in [-0.15, -0.1) is 10.2 Å². The van der Waals surface area contributed by atoms with E-state index in [1.165, 1.54) is 12.3 Å². The minimum absolute atomic E-state index is 0.0273. The molecule has 3 rings (SSSR count). The van der Waals surface area contributed by atoms with Crippen molar-refractivity contribution in [1.29, 1.82) is 0 Å². The number of benzene rings is 2. The quantitative estimate of drug-likeness (QED) is 0.418. The number of nitro benzene ring substituents is 1. The number of anilines is 1. The summed E-state index contributed by atoms with van der Waals surface area (Å²) in [7, 11) is 0. The third kappa shape index (κ3) is 3.72. The van der Waals surface area contributed by atoms with Gasteiger partial charge in [-0.3, -0.25) is 19.9 Å². The van der Waals surface area contributed by atoms with Gasteiger partial charge in [-0.1, -0.05) is 42.5 Å². The van der Waals surface area contributed by atoms with E-state index in [9.17, 15) is 14.9 Å². The standard InChI is InChI=1S/C16H12N6O3/c23-15-14(11-6-2-1-3-7-11)19-21-16(18-15)20-17-10-12-8-4-5-9-13(12)22(24)25/h1-10H,(H2,18,20,21,23)/b17-10-. The van der Waals surface area contributed by atoms with Gasteiger partial charge in [-0.25, -0.2) is 5.43 Å². The second kappa shape index (κ2) is 7.13. The van der Waals surface area contributed by atoms with Crippen LogP contribution >= 0.6 is 0 Å². The molecule has 0 amide bonds. The van der Waals surface area contributed by atoms with Crippen LogP contribution in [0.4, 0.5) is 11.6 Å². The summed E-state index contributed by atoms with van der Waals surface area (Å²) >= 11 is 0. The molecule has 9 nitrogen and oxygen atoms in total. The molecule has 2 aromatic carbocycles. The summed E-state index contributed by atoms with van der Waals surface area (Å²) in [6.45, 7) is 0. The van der Waals surface area contributed by atoms with Crippen molar-refractivity contribution in [2.24, 2.45) is 5.10 Å². The highest BCUT2D eigenvalue weighted by molar-refractivity contribution is 5.85. The van der Waals surface area contributed by atoms with Crippen LogP contribution in [0.5, 0.6) is 0 Å². The van der Waals surface area contributed by atoms with E-state index in [2.05, 4.69) is 25.7 Å². The average Bonchev–Trinajstić information content (AvgIpc) is 2.63. The number of hydrogen-bond donors (Lipinski definition) is 2. The predicted molar refractivity (Wildman–Crippen MR) is 92.4 cm³/mol. The minimum Gasteiger partial charge on any atom is -0.288 e. The topological polar surface area (TPSA) is 126 Å². The smallest absolute Gasteiger partial charge is 0.279 e. The molecule has 0 spiro atoms. The molecule has 0 saturated carbocycles. The van der Waals surface area contributed by atoms with Crippen molar-refractivity contribution >= 4 is 17.9 Å². The van der Waals surface area contributed by atoms with Crippen molar-refractivity contribution in [2.45, 2.75) is 0 Å². The molecule has 0 radical (unpaired) electrons. The monoisotopic (exact) mass is 336 g/mol. The van der Waals surface area contributed by atoms with Crippen LogP contribution in [0.3, 0.4) is 0 Å². The summed E-state index contributed by atoms with van der Waals surface area (Å²) in [4.78, 5) is 25.0. The first kappa shape index (κ1) is 16.0. The molecule has 1 heterocycles. The average molecular weight is 336 g/mol. The summed E-state index contributed by atoms with van der Waals surface area (Å²) < 4.78 is 0. The highest BCUT2D eigenvalue weighted by atomic mass is 16.6. The lowest BCUT2D eigenvalue weighted by molar-refractivity contribution is -0.385. The Hall–Kier alpha value is -3.88. The van der Waals surface area contributed by atoms with Gasteiger partial charge < -0.3 is 0 Å². The number of para-hydroxylation sites is 1. The van der Waals surface area contributed by atoms with Crippen LogP contribution in [0, 0.1) is 10.1 Å². The van der Waals surface area contributed by atoms with Gasteiger partial charge in [0.15, 0.2) is 5.69 Å². The number of hydrogen-bond acceptors (Lipinski definition) is 7. The van der Waals surface area contributed by atoms with Gasteiger partial charge in [0.2, 0.25) is 5.95 Å². The van der Waals surface area contributed by atoms with E-state index in [0.717, 1.165) is 0 Å². The summed E-state index contributed by atoms with van der Waals surface area (Å²) in [6, 6.07) is 15.1. The zero-order valence-electron chi connectivity index (χ0n) is 12.8. The van der Waals surface area contributed by atoms with Crippen LogP contribution < -0.4 is 11.0 Å². The van der Waals surface area contributed by atoms with Gasteiger partial charge in [0, 0.05) is 11.6 Å². The van der Waals surface area contributed by atoms with E-state index < -0.39 is 10.5 Å². The Bertz CT molecular complexity index is 984. The van der Waals surface area contributed by atoms with Crippen LogP contribution in [0.15, 0.2) is 64.5 Å². The summed E-state index contributed by atoms with van der Waals surface area (Å²) in [5.74, 6) is 0.0273. The maximum absolute atomic E-state index is 12.1. The van der Waals surface area contributed by atoms with Crippen LogP contribution in [-0.2, 0) is 0 Å². The number of H-pyrrole nitrogens is 1. The normalized spacial score (nSPS) is 10.7. The molecule has 0 atom stereocenters. The number of nitrogens with zero attached hydrogens (tertiary/aromatic N) is 4. The second-order valence-electron chi connectivity index (χ2n) is 4.90. The molecule has 0 unspecified atom stereocenters. The molecular weight excluding hydrogens is 324 g/mol. The Labute approximate surface area is 141 Å². The molecule has 25 heavy (non-hydrogen) atoms.